The van der Waals surface area contributed by atoms with Gasteiger partial charge in [0.2, 0.25) is 0 Å². The van der Waals surface area contributed by atoms with Gasteiger partial charge in [0, 0.05) is 5.56 Å². The maximum absolute atomic E-state index is 9.57. The number of nitrogens with one attached hydrogen (secondary N) is 1. The number of para-hydroxylation sites is 1. The largest absolute Gasteiger partial charge is 0.507 e. The first-order valence-electron chi connectivity index (χ1n) is 5.27. The van der Waals surface area contributed by atoms with Gasteiger partial charge in [0.25, 0.3) is 0 Å². The first kappa shape index (κ1) is 13.4. The Balaban J connectivity index is 2.14. The van der Waals surface area contributed by atoms with Crippen LogP contribution in [0.1, 0.15) is 11.1 Å². The van der Waals surface area contributed by atoms with E-state index in [0.717, 1.165) is 0 Å². The number of phenolic OH excluding ortho intramolecular Hbond substituents is 1. The molecule has 0 radical (unpaired) electrons. The molecule has 2 aromatic rings. The highest BCUT2D eigenvalue weighted by Gasteiger charge is 2.11. The van der Waals surface area contributed by atoms with Crippen molar-refractivity contribution in [3.8, 4) is 11.8 Å². The molecule has 0 fully saturated rings. The summed E-state index contributed by atoms with van der Waals surface area (Å²) in [6, 6.07) is 8.97. The van der Waals surface area contributed by atoms with Gasteiger partial charge < -0.3 is 5.11 Å². The molecule has 0 saturated carbocycles. The lowest BCUT2D eigenvalue weighted by Crippen LogP contribution is -1.91. The van der Waals surface area contributed by atoms with Crippen LogP contribution in [0.3, 0.4) is 0 Å². The van der Waals surface area contributed by atoms with Gasteiger partial charge in [-0.1, -0.05) is 12.1 Å². The van der Waals surface area contributed by atoms with Crippen LogP contribution in [0.5, 0.6) is 5.75 Å². The molecule has 7 heteroatoms. The van der Waals surface area contributed by atoms with Crippen molar-refractivity contribution in [2.75, 3.05) is 11.7 Å². The highest BCUT2D eigenvalue weighted by molar-refractivity contribution is 7.98. The van der Waals surface area contributed by atoms with Crippen LogP contribution in [0, 0.1) is 11.3 Å². The SMILES string of the molecule is CSc1nsc(N/N=C\c2ccccc2O)c1C#N. The van der Waals surface area contributed by atoms with Crippen LogP contribution in [0.25, 0.3) is 0 Å². The molecule has 2 N–H and O–H groups in total. The van der Waals surface area contributed by atoms with E-state index < -0.39 is 0 Å². The summed E-state index contributed by atoms with van der Waals surface area (Å²) < 4.78 is 4.15. The molecule has 0 saturated heterocycles. The summed E-state index contributed by atoms with van der Waals surface area (Å²) in [4.78, 5) is 0. The van der Waals surface area contributed by atoms with Gasteiger partial charge in [-0.15, -0.1) is 11.8 Å². The smallest absolute Gasteiger partial charge is 0.148 e. The van der Waals surface area contributed by atoms with E-state index in [1.54, 1.807) is 24.3 Å². The number of thioether (sulfide) groups is 1. The summed E-state index contributed by atoms with van der Waals surface area (Å²) in [6.45, 7) is 0. The number of anilines is 1. The fraction of sp³-hybridized carbons (Fsp3) is 0.0833. The van der Waals surface area contributed by atoms with Crippen molar-refractivity contribution in [1.82, 2.24) is 4.37 Å². The average Bonchev–Trinajstić information content (AvgIpc) is 2.83. The summed E-state index contributed by atoms with van der Waals surface area (Å²) in [6.07, 6.45) is 3.36. The zero-order valence-electron chi connectivity index (χ0n) is 9.99. The number of phenols is 1. The number of hydrazone groups is 1. The van der Waals surface area contributed by atoms with Crippen molar-refractivity contribution < 1.29 is 5.11 Å². The topological polar surface area (TPSA) is 81.3 Å². The predicted octanol–water partition coefficient (Wildman–Crippen LogP) is 2.89. The summed E-state index contributed by atoms with van der Waals surface area (Å²) in [5, 5.41) is 23.9. The first-order chi connectivity index (χ1) is 9.26. The van der Waals surface area contributed by atoms with E-state index in [4.69, 9.17) is 5.26 Å². The second-order valence-electron chi connectivity index (χ2n) is 3.44. The highest BCUT2D eigenvalue weighted by Crippen LogP contribution is 2.29. The van der Waals surface area contributed by atoms with Crippen LogP contribution >= 0.6 is 23.3 Å². The van der Waals surface area contributed by atoms with Crippen LogP contribution in [0.2, 0.25) is 0 Å². The summed E-state index contributed by atoms with van der Waals surface area (Å²) >= 11 is 2.60. The number of rotatable bonds is 4. The molecule has 2 rings (SSSR count). The van der Waals surface area contributed by atoms with E-state index in [2.05, 4.69) is 21.0 Å². The number of aromatic nitrogens is 1. The Morgan fingerprint density at radius 3 is 3.00 bits per heavy atom. The van der Waals surface area contributed by atoms with Crippen molar-refractivity contribution in [3.05, 3.63) is 35.4 Å². The molecule has 0 aliphatic carbocycles. The number of aromatic hydroxyl groups is 1. The normalized spacial score (nSPS) is 10.5. The Hall–Kier alpha value is -2.04. The Kier molecular flexibility index (Phi) is 4.39. The Labute approximate surface area is 118 Å². The van der Waals surface area contributed by atoms with Crippen LogP contribution < -0.4 is 5.43 Å². The molecular formula is C12H10N4OS2. The predicted molar refractivity (Wildman–Crippen MR) is 77.9 cm³/mol. The molecule has 0 atom stereocenters. The third kappa shape index (κ3) is 3.05. The zero-order chi connectivity index (χ0) is 13.7. The van der Waals surface area contributed by atoms with Gasteiger partial charge in [-0.25, -0.2) is 0 Å². The minimum Gasteiger partial charge on any atom is -0.507 e. The van der Waals surface area contributed by atoms with Crippen molar-refractivity contribution in [2.45, 2.75) is 5.03 Å². The molecule has 1 heterocycles. The molecule has 0 unspecified atom stereocenters. The number of nitriles is 1. The lowest BCUT2D eigenvalue weighted by Gasteiger charge is -1.98. The summed E-state index contributed by atoms with van der Waals surface area (Å²) in [5.41, 5.74) is 3.87. The minimum atomic E-state index is 0.155. The van der Waals surface area contributed by atoms with Crippen LogP contribution in [0.15, 0.2) is 34.4 Å². The summed E-state index contributed by atoms with van der Waals surface area (Å²) in [5.74, 6) is 0.155. The standard InChI is InChI=1S/C12H10N4OS2/c1-18-12-9(6-13)11(19-16-12)15-14-7-8-4-2-3-5-10(8)17/h2-5,7,15,17H,1H3/b14-7-. The lowest BCUT2D eigenvalue weighted by molar-refractivity contribution is 0.474. The second kappa shape index (κ2) is 6.22. The van der Waals surface area contributed by atoms with E-state index in [0.29, 0.717) is 21.2 Å². The lowest BCUT2D eigenvalue weighted by atomic mass is 10.2. The minimum absolute atomic E-state index is 0.155. The maximum atomic E-state index is 9.57. The van der Waals surface area contributed by atoms with E-state index in [-0.39, 0.29) is 5.75 Å². The molecule has 1 aromatic carbocycles. The Morgan fingerprint density at radius 2 is 2.32 bits per heavy atom. The van der Waals surface area contributed by atoms with E-state index in [1.165, 1.54) is 29.5 Å². The highest BCUT2D eigenvalue weighted by atomic mass is 32.2. The fourth-order valence-electron chi connectivity index (χ4n) is 1.35. The van der Waals surface area contributed by atoms with Gasteiger partial charge in [0.1, 0.15) is 27.4 Å². The van der Waals surface area contributed by atoms with Crippen molar-refractivity contribution in [2.24, 2.45) is 5.10 Å². The van der Waals surface area contributed by atoms with Crippen LogP contribution in [0.4, 0.5) is 5.00 Å². The molecule has 96 valence electrons. The molecule has 5 nitrogen and oxygen atoms in total. The number of nitrogens with zero attached hydrogens (tertiary/aromatic N) is 3. The number of hydrogen-bond donors (Lipinski definition) is 2. The van der Waals surface area contributed by atoms with Gasteiger partial charge >= 0.3 is 0 Å². The van der Waals surface area contributed by atoms with Gasteiger partial charge in [0.05, 0.1) is 6.21 Å². The van der Waals surface area contributed by atoms with E-state index in [9.17, 15) is 5.11 Å². The van der Waals surface area contributed by atoms with Gasteiger partial charge in [-0.3, -0.25) is 5.43 Å². The van der Waals surface area contributed by atoms with E-state index >= 15 is 0 Å². The van der Waals surface area contributed by atoms with Crippen LogP contribution in [-0.4, -0.2) is 22.0 Å². The number of hydrogen-bond acceptors (Lipinski definition) is 7. The zero-order valence-corrected chi connectivity index (χ0v) is 11.6. The van der Waals surface area contributed by atoms with Crippen LogP contribution in [-0.2, 0) is 0 Å². The van der Waals surface area contributed by atoms with E-state index in [1.807, 2.05) is 6.26 Å². The molecule has 19 heavy (non-hydrogen) atoms. The van der Waals surface area contributed by atoms with Crippen molar-refractivity contribution >= 4 is 34.5 Å². The van der Waals surface area contributed by atoms with Gasteiger partial charge in [-0.2, -0.15) is 14.7 Å². The Morgan fingerprint density at radius 1 is 1.53 bits per heavy atom. The van der Waals surface area contributed by atoms with Crippen molar-refractivity contribution in [3.63, 3.8) is 0 Å². The molecular weight excluding hydrogens is 280 g/mol. The first-order valence-corrected chi connectivity index (χ1v) is 7.27. The molecule has 0 bridgehead atoms. The number of benzene rings is 1. The maximum Gasteiger partial charge on any atom is 0.148 e. The molecule has 1 aromatic heterocycles. The Bertz CT molecular complexity index is 645. The molecule has 0 aliphatic rings. The average molecular weight is 290 g/mol. The monoisotopic (exact) mass is 290 g/mol. The molecule has 0 aliphatic heterocycles. The molecule has 0 amide bonds. The third-order valence-corrected chi connectivity index (χ3v) is 3.82. The van der Waals surface area contributed by atoms with Gasteiger partial charge in [-0.05, 0) is 29.9 Å². The summed E-state index contributed by atoms with van der Waals surface area (Å²) in [7, 11) is 0. The third-order valence-electron chi connectivity index (χ3n) is 2.27. The quantitative estimate of drug-likeness (QED) is 0.514. The van der Waals surface area contributed by atoms with Gasteiger partial charge in [0.15, 0.2) is 0 Å². The molecule has 0 spiro atoms. The second-order valence-corrected chi connectivity index (χ2v) is 5.00. The van der Waals surface area contributed by atoms with Crippen molar-refractivity contribution in [1.29, 1.82) is 5.26 Å². The fourth-order valence-corrected chi connectivity index (χ4v) is 2.77.